The molecule has 6 nitrogen and oxygen atoms in total. The van der Waals surface area contributed by atoms with Gasteiger partial charge in [-0.25, -0.2) is 4.79 Å². The van der Waals surface area contributed by atoms with E-state index >= 15 is 0 Å². The zero-order valence-corrected chi connectivity index (χ0v) is 10.6. The quantitative estimate of drug-likeness (QED) is 0.778. The Morgan fingerprint density at radius 2 is 2.00 bits per heavy atom. The Labute approximate surface area is 106 Å². The van der Waals surface area contributed by atoms with Crippen LogP contribution in [0.3, 0.4) is 0 Å². The van der Waals surface area contributed by atoms with Crippen molar-refractivity contribution in [2.24, 2.45) is 5.92 Å². The fraction of sp³-hybridized carbons (Fsp3) is 0.833. The van der Waals surface area contributed by atoms with Gasteiger partial charge in [-0.05, 0) is 19.8 Å². The smallest absolute Gasteiger partial charge is 0.317 e. The van der Waals surface area contributed by atoms with Crippen LogP contribution in [0.25, 0.3) is 0 Å². The molecule has 2 fully saturated rings. The van der Waals surface area contributed by atoms with Crippen LogP contribution in [-0.2, 0) is 9.53 Å². The van der Waals surface area contributed by atoms with Crippen LogP contribution in [-0.4, -0.2) is 53.8 Å². The van der Waals surface area contributed by atoms with Crippen LogP contribution < -0.4 is 5.32 Å². The molecule has 2 heterocycles. The Hall–Kier alpha value is -1.30. The van der Waals surface area contributed by atoms with Crippen LogP contribution in [0.4, 0.5) is 4.79 Å². The van der Waals surface area contributed by atoms with Gasteiger partial charge in [0.1, 0.15) is 0 Å². The van der Waals surface area contributed by atoms with Crippen LogP contribution in [0.5, 0.6) is 0 Å². The van der Waals surface area contributed by atoms with Gasteiger partial charge in [0.25, 0.3) is 0 Å². The van der Waals surface area contributed by atoms with Crippen LogP contribution in [0.1, 0.15) is 26.2 Å². The molecule has 0 aromatic rings. The van der Waals surface area contributed by atoms with E-state index in [9.17, 15) is 9.59 Å². The summed E-state index contributed by atoms with van der Waals surface area (Å²) < 4.78 is 5.28. The van der Waals surface area contributed by atoms with Crippen LogP contribution >= 0.6 is 0 Å². The second-order valence-electron chi connectivity index (χ2n) is 5.47. The Bertz CT molecular complexity index is 333. The fourth-order valence-electron chi connectivity index (χ4n) is 2.40. The molecule has 2 saturated heterocycles. The number of nitrogens with zero attached hydrogens (tertiary/aromatic N) is 1. The molecular formula is C12H20N2O4. The van der Waals surface area contributed by atoms with Crippen molar-refractivity contribution in [1.82, 2.24) is 10.2 Å². The average Bonchev–Trinajstić information content (AvgIpc) is 2.22. The molecule has 0 aliphatic carbocycles. The predicted molar refractivity (Wildman–Crippen MR) is 64.3 cm³/mol. The van der Waals surface area contributed by atoms with Gasteiger partial charge in [0, 0.05) is 37.8 Å². The van der Waals surface area contributed by atoms with E-state index in [2.05, 4.69) is 5.32 Å². The van der Waals surface area contributed by atoms with E-state index in [0.717, 1.165) is 12.8 Å². The monoisotopic (exact) mass is 256 g/mol. The van der Waals surface area contributed by atoms with E-state index in [1.165, 1.54) is 0 Å². The third kappa shape index (κ3) is 3.13. The van der Waals surface area contributed by atoms with Crippen molar-refractivity contribution in [2.45, 2.75) is 31.7 Å². The molecular weight excluding hydrogens is 236 g/mol. The summed E-state index contributed by atoms with van der Waals surface area (Å²) in [5, 5.41) is 11.7. The molecule has 2 aliphatic heterocycles. The second-order valence-corrected chi connectivity index (χ2v) is 5.47. The van der Waals surface area contributed by atoms with Gasteiger partial charge in [-0.3, -0.25) is 4.79 Å². The highest BCUT2D eigenvalue weighted by Gasteiger charge is 2.36. The number of ether oxygens (including phenoxy) is 1. The van der Waals surface area contributed by atoms with Crippen molar-refractivity contribution in [3.8, 4) is 0 Å². The van der Waals surface area contributed by atoms with Gasteiger partial charge in [-0.15, -0.1) is 0 Å². The number of rotatable bonds is 3. The topological polar surface area (TPSA) is 78.9 Å². The molecule has 0 aromatic carbocycles. The van der Waals surface area contributed by atoms with Crippen LogP contribution in [0.15, 0.2) is 0 Å². The summed E-state index contributed by atoms with van der Waals surface area (Å²) >= 11 is 0. The first-order chi connectivity index (χ1) is 8.48. The van der Waals surface area contributed by atoms with Gasteiger partial charge in [-0.2, -0.15) is 0 Å². The first-order valence-electron chi connectivity index (χ1n) is 6.35. The molecule has 0 bridgehead atoms. The lowest BCUT2D eigenvalue weighted by atomic mass is 9.92. The summed E-state index contributed by atoms with van der Waals surface area (Å²) in [6.07, 6.45) is 1.80. The number of urea groups is 1. The Kier molecular flexibility index (Phi) is 3.75. The van der Waals surface area contributed by atoms with E-state index in [-0.39, 0.29) is 23.9 Å². The van der Waals surface area contributed by atoms with E-state index in [4.69, 9.17) is 9.84 Å². The Morgan fingerprint density at radius 1 is 1.39 bits per heavy atom. The molecule has 102 valence electrons. The number of hydrogen-bond donors (Lipinski definition) is 2. The molecule has 0 atom stereocenters. The largest absolute Gasteiger partial charge is 0.481 e. The maximum atomic E-state index is 12.0. The zero-order valence-electron chi connectivity index (χ0n) is 10.6. The normalized spacial score (nSPS) is 23.3. The molecule has 0 spiro atoms. The predicted octanol–water partition coefficient (Wildman–Crippen LogP) is 0.672. The maximum absolute atomic E-state index is 12.0. The van der Waals surface area contributed by atoms with Gasteiger partial charge >= 0.3 is 12.0 Å². The summed E-state index contributed by atoms with van der Waals surface area (Å²) in [6.45, 7) is 4.48. The van der Waals surface area contributed by atoms with E-state index in [1.807, 2.05) is 6.92 Å². The van der Waals surface area contributed by atoms with Crippen molar-refractivity contribution in [3.63, 3.8) is 0 Å². The number of carbonyl (C=O) groups excluding carboxylic acids is 1. The highest BCUT2D eigenvalue weighted by Crippen LogP contribution is 2.23. The van der Waals surface area contributed by atoms with Crippen molar-refractivity contribution < 1.29 is 19.4 Å². The zero-order chi connectivity index (χ0) is 13.2. The molecule has 0 radical (unpaired) electrons. The summed E-state index contributed by atoms with van der Waals surface area (Å²) in [7, 11) is 0. The lowest BCUT2D eigenvalue weighted by Crippen LogP contribution is -2.59. The number of likely N-dealkylation sites (tertiary alicyclic amines) is 1. The van der Waals surface area contributed by atoms with Gasteiger partial charge in [0.15, 0.2) is 0 Å². The molecule has 2 N–H and O–H groups in total. The minimum absolute atomic E-state index is 0.0824. The minimum atomic E-state index is -0.795. The van der Waals surface area contributed by atoms with Crippen LogP contribution in [0, 0.1) is 5.92 Å². The van der Waals surface area contributed by atoms with E-state index in [0.29, 0.717) is 26.3 Å². The Balaban J connectivity index is 1.74. The van der Waals surface area contributed by atoms with Crippen molar-refractivity contribution >= 4 is 12.0 Å². The lowest BCUT2D eigenvalue weighted by Gasteiger charge is -2.42. The Morgan fingerprint density at radius 3 is 2.56 bits per heavy atom. The summed E-state index contributed by atoms with van der Waals surface area (Å²) in [5.41, 5.74) is -0.187. The lowest BCUT2D eigenvalue weighted by molar-refractivity contribution is -0.139. The summed E-state index contributed by atoms with van der Waals surface area (Å²) in [4.78, 5) is 24.1. The van der Waals surface area contributed by atoms with Crippen LogP contribution in [0.2, 0.25) is 0 Å². The standard InChI is InChI=1S/C12H20N2O4/c1-12(2-4-18-5-3-12)13-11(17)14-7-9(8-14)6-10(15)16/h9H,2-8H2,1H3,(H,13,17)(H,15,16). The second kappa shape index (κ2) is 5.14. The highest BCUT2D eigenvalue weighted by molar-refractivity contribution is 5.76. The first kappa shape index (κ1) is 13.1. The van der Waals surface area contributed by atoms with Gasteiger partial charge < -0.3 is 20.1 Å². The van der Waals surface area contributed by atoms with Crippen molar-refractivity contribution in [1.29, 1.82) is 0 Å². The average molecular weight is 256 g/mol. The number of aliphatic carboxylic acids is 1. The number of amides is 2. The third-order valence-corrected chi connectivity index (χ3v) is 3.71. The van der Waals surface area contributed by atoms with E-state index < -0.39 is 5.97 Å². The molecule has 2 amide bonds. The molecule has 2 rings (SSSR count). The fourth-order valence-corrected chi connectivity index (χ4v) is 2.40. The highest BCUT2D eigenvalue weighted by atomic mass is 16.5. The van der Waals surface area contributed by atoms with E-state index in [1.54, 1.807) is 4.90 Å². The third-order valence-electron chi connectivity index (χ3n) is 3.71. The first-order valence-corrected chi connectivity index (χ1v) is 6.35. The number of carbonyl (C=O) groups is 2. The number of carboxylic acid groups (broad SMARTS) is 1. The van der Waals surface area contributed by atoms with Gasteiger partial charge in [0.05, 0.1) is 6.42 Å². The molecule has 0 saturated carbocycles. The SMILES string of the molecule is CC1(NC(=O)N2CC(CC(=O)O)C2)CCOCC1. The van der Waals surface area contributed by atoms with Crippen molar-refractivity contribution in [3.05, 3.63) is 0 Å². The molecule has 18 heavy (non-hydrogen) atoms. The van der Waals surface area contributed by atoms with Gasteiger partial charge in [0.2, 0.25) is 0 Å². The molecule has 2 aliphatic rings. The molecule has 0 aromatic heterocycles. The number of nitrogens with one attached hydrogen (secondary N) is 1. The maximum Gasteiger partial charge on any atom is 0.317 e. The number of hydrogen-bond acceptors (Lipinski definition) is 3. The minimum Gasteiger partial charge on any atom is -0.481 e. The summed E-state index contributed by atoms with van der Waals surface area (Å²) in [6, 6.07) is -0.0824. The molecule has 0 unspecified atom stereocenters. The number of carboxylic acids is 1. The van der Waals surface area contributed by atoms with Crippen molar-refractivity contribution in [2.75, 3.05) is 26.3 Å². The van der Waals surface area contributed by atoms with Gasteiger partial charge in [-0.1, -0.05) is 0 Å². The summed E-state index contributed by atoms with van der Waals surface area (Å²) in [5.74, 6) is -0.688. The molecule has 6 heteroatoms.